The van der Waals surface area contributed by atoms with Gasteiger partial charge in [0.2, 0.25) is 0 Å². The predicted octanol–water partition coefficient (Wildman–Crippen LogP) is 3.28. The zero-order chi connectivity index (χ0) is 17.9. The summed E-state index contributed by atoms with van der Waals surface area (Å²) in [7, 11) is 0. The number of carbonyl (C=O) groups is 2. The van der Waals surface area contributed by atoms with Crippen molar-refractivity contribution in [2.45, 2.75) is 19.1 Å². The van der Waals surface area contributed by atoms with Crippen molar-refractivity contribution in [2.75, 3.05) is 5.32 Å². The highest BCUT2D eigenvalue weighted by molar-refractivity contribution is 6.34. The molecule has 0 fully saturated rings. The minimum atomic E-state index is -4.56. The van der Waals surface area contributed by atoms with Gasteiger partial charge in [0, 0.05) is 6.20 Å². The number of rotatable bonds is 5. The molecule has 6 nitrogen and oxygen atoms in total. The van der Waals surface area contributed by atoms with Crippen LogP contribution in [0.15, 0.2) is 30.6 Å². The first-order valence-corrected chi connectivity index (χ1v) is 6.97. The van der Waals surface area contributed by atoms with Crippen LogP contribution >= 0.6 is 11.6 Å². The minimum Gasteiger partial charge on any atom is -0.481 e. The van der Waals surface area contributed by atoms with Crippen molar-refractivity contribution in [1.29, 1.82) is 0 Å². The molecule has 0 saturated heterocycles. The number of nitrogens with one attached hydrogen (secondary N) is 1. The van der Waals surface area contributed by atoms with E-state index in [0.29, 0.717) is 0 Å². The zero-order valence-corrected chi connectivity index (χ0v) is 12.7. The van der Waals surface area contributed by atoms with Crippen molar-refractivity contribution in [3.63, 3.8) is 0 Å². The first kappa shape index (κ1) is 17.8. The van der Waals surface area contributed by atoms with Crippen LogP contribution in [0.25, 0.3) is 0 Å². The normalized spacial score (nSPS) is 11.3. The van der Waals surface area contributed by atoms with Crippen molar-refractivity contribution >= 4 is 29.2 Å². The number of carboxylic acids is 1. The zero-order valence-electron chi connectivity index (χ0n) is 12.0. The minimum absolute atomic E-state index is 0.0466. The monoisotopic (exact) mass is 361 g/mol. The van der Waals surface area contributed by atoms with E-state index in [4.69, 9.17) is 16.7 Å². The Kier molecular flexibility index (Phi) is 5.13. The Bertz CT molecular complexity index is 774. The van der Waals surface area contributed by atoms with Gasteiger partial charge in [0.25, 0.3) is 5.91 Å². The lowest BCUT2D eigenvalue weighted by Crippen LogP contribution is -2.13. The van der Waals surface area contributed by atoms with Crippen LogP contribution in [0.5, 0.6) is 0 Å². The summed E-state index contributed by atoms with van der Waals surface area (Å²) in [5, 5.41) is 14.6. The molecule has 2 N–H and O–H groups in total. The quantitative estimate of drug-likeness (QED) is 0.856. The SMILES string of the molecule is O=C(O)CCn1cc(C(=O)Nc2cc(C(F)(F)F)ccc2Cl)cn1. The molecule has 0 aliphatic rings. The number of alkyl halides is 3. The third-order valence-electron chi connectivity index (χ3n) is 2.99. The Morgan fingerprint density at radius 2 is 2.04 bits per heavy atom. The number of aliphatic carboxylic acids is 1. The number of nitrogens with zero attached hydrogens (tertiary/aromatic N) is 2. The molecule has 2 aromatic rings. The molecule has 0 aliphatic carbocycles. The number of aromatic nitrogens is 2. The Hall–Kier alpha value is -2.55. The van der Waals surface area contributed by atoms with Gasteiger partial charge in [-0.2, -0.15) is 18.3 Å². The molecule has 1 amide bonds. The number of aryl methyl sites for hydroxylation is 1. The van der Waals surface area contributed by atoms with Crippen molar-refractivity contribution in [1.82, 2.24) is 9.78 Å². The fourth-order valence-corrected chi connectivity index (χ4v) is 1.97. The van der Waals surface area contributed by atoms with Crippen LogP contribution in [0, 0.1) is 0 Å². The van der Waals surface area contributed by atoms with Crippen LogP contribution in [-0.2, 0) is 17.5 Å². The third kappa shape index (κ3) is 4.48. The average molecular weight is 362 g/mol. The number of halogens is 4. The maximum Gasteiger partial charge on any atom is 0.416 e. The van der Waals surface area contributed by atoms with E-state index in [9.17, 15) is 22.8 Å². The fraction of sp³-hybridized carbons (Fsp3) is 0.214. The summed E-state index contributed by atoms with van der Waals surface area (Å²) in [5.74, 6) is -1.73. The van der Waals surface area contributed by atoms with Crippen LogP contribution in [0.3, 0.4) is 0 Å². The molecule has 10 heteroatoms. The molecule has 0 saturated carbocycles. The second-order valence-electron chi connectivity index (χ2n) is 4.78. The Labute approximate surface area is 138 Å². The molecule has 0 atom stereocenters. The molecule has 1 aromatic heterocycles. The highest BCUT2D eigenvalue weighted by Gasteiger charge is 2.31. The van der Waals surface area contributed by atoms with E-state index in [1.807, 2.05) is 0 Å². The summed E-state index contributed by atoms with van der Waals surface area (Å²) >= 11 is 5.80. The third-order valence-corrected chi connectivity index (χ3v) is 3.32. The molecule has 0 radical (unpaired) electrons. The van der Waals surface area contributed by atoms with Gasteiger partial charge >= 0.3 is 12.1 Å². The molecular formula is C14H11ClF3N3O3. The molecule has 24 heavy (non-hydrogen) atoms. The number of anilines is 1. The van der Waals surface area contributed by atoms with Crippen molar-refractivity contribution in [3.05, 3.63) is 46.7 Å². The highest BCUT2D eigenvalue weighted by atomic mass is 35.5. The Balaban J connectivity index is 2.13. The topological polar surface area (TPSA) is 84.2 Å². The van der Waals surface area contributed by atoms with E-state index in [1.54, 1.807) is 0 Å². The summed E-state index contributed by atoms with van der Waals surface area (Å²) in [6, 6.07) is 2.58. The number of hydrogen-bond donors (Lipinski definition) is 2. The van der Waals surface area contributed by atoms with Gasteiger partial charge in [0.1, 0.15) is 0 Å². The van der Waals surface area contributed by atoms with E-state index in [2.05, 4.69) is 10.4 Å². The summed E-state index contributed by atoms with van der Waals surface area (Å²) in [5.41, 5.74) is -1.07. The largest absolute Gasteiger partial charge is 0.481 e. The number of hydrogen-bond acceptors (Lipinski definition) is 3. The maximum atomic E-state index is 12.7. The van der Waals surface area contributed by atoms with Crippen molar-refractivity contribution in [2.24, 2.45) is 0 Å². The molecule has 1 heterocycles. The van der Waals surface area contributed by atoms with Gasteiger partial charge in [-0.05, 0) is 18.2 Å². The van der Waals surface area contributed by atoms with Crippen LogP contribution in [-0.4, -0.2) is 26.8 Å². The number of benzene rings is 1. The fourth-order valence-electron chi connectivity index (χ4n) is 1.81. The molecule has 2 rings (SSSR count). The summed E-state index contributed by atoms with van der Waals surface area (Å²) < 4.78 is 39.3. The maximum absolute atomic E-state index is 12.7. The van der Waals surface area contributed by atoms with Crippen LogP contribution in [0.2, 0.25) is 5.02 Å². The average Bonchev–Trinajstić information content (AvgIpc) is 2.95. The van der Waals surface area contributed by atoms with E-state index in [1.165, 1.54) is 17.1 Å². The summed E-state index contributed by atoms with van der Waals surface area (Å²) in [4.78, 5) is 22.5. The smallest absolute Gasteiger partial charge is 0.416 e. The number of carbonyl (C=O) groups excluding carboxylic acids is 1. The summed E-state index contributed by atoms with van der Waals surface area (Å²) in [6.07, 6.45) is -2.27. The highest BCUT2D eigenvalue weighted by Crippen LogP contribution is 2.33. The van der Waals surface area contributed by atoms with E-state index in [-0.39, 0.29) is 29.2 Å². The van der Waals surface area contributed by atoms with Gasteiger partial charge in [-0.15, -0.1) is 0 Å². The second kappa shape index (κ2) is 6.91. The van der Waals surface area contributed by atoms with Gasteiger partial charge in [0.05, 0.1) is 41.0 Å². The molecule has 0 spiro atoms. The molecular weight excluding hydrogens is 351 g/mol. The van der Waals surface area contributed by atoms with E-state index in [0.717, 1.165) is 18.2 Å². The number of amides is 1. The van der Waals surface area contributed by atoms with Crippen LogP contribution in [0.1, 0.15) is 22.3 Å². The molecule has 0 bridgehead atoms. The summed E-state index contributed by atoms with van der Waals surface area (Å²) in [6.45, 7) is 0.0624. The second-order valence-corrected chi connectivity index (χ2v) is 5.19. The molecule has 1 aromatic carbocycles. The van der Waals surface area contributed by atoms with Crippen LogP contribution in [0.4, 0.5) is 18.9 Å². The Morgan fingerprint density at radius 3 is 2.67 bits per heavy atom. The van der Waals surface area contributed by atoms with Crippen molar-refractivity contribution in [3.8, 4) is 0 Å². The molecule has 128 valence electrons. The van der Waals surface area contributed by atoms with E-state index < -0.39 is 23.6 Å². The van der Waals surface area contributed by atoms with Gasteiger partial charge in [-0.1, -0.05) is 11.6 Å². The van der Waals surface area contributed by atoms with Gasteiger partial charge in [-0.3, -0.25) is 14.3 Å². The first-order chi connectivity index (χ1) is 11.2. The molecule has 0 unspecified atom stereocenters. The van der Waals surface area contributed by atoms with Gasteiger partial charge in [-0.25, -0.2) is 0 Å². The lowest BCUT2D eigenvalue weighted by atomic mass is 10.2. The Morgan fingerprint density at radius 1 is 1.33 bits per heavy atom. The lowest BCUT2D eigenvalue weighted by molar-refractivity contribution is -0.138. The number of carboxylic acid groups (broad SMARTS) is 1. The predicted molar refractivity (Wildman–Crippen MR) is 78.9 cm³/mol. The molecule has 0 aliphatic heterocycles. The van der Waals surface area contributed by atoms with Crippen molar-refractivity contribution < 1.29 is 27.9 Å². The van der Waals surface area contributed by atoms with Gasteiger partial charge < -0.3 is 10.4 Å². The lowest BCUT2D eigenvalue weighted by Gasteiger charge is -2.11. The van der Waals surface area contributed by atoms with Crippen LogP contribution < -0.4 is 5.32 Å². The van der Waals surface area contributed by atoms with E-state index >= 15 is 0 Å². The standard InChI is InChI=1S/C14H11ClF3N3O3/c15-10-2-1-9(14(16,17)18)5-11(10)20-13(24)8-6-19-21(7-8)4-3-12(22)23/h1-2,5-7H,3-4H2,(H,20,24)(H,22,23). The van der Waals surface area contributed by atoms with Gasteiger partial charge in [0.15, 0.2) is 0 Å². The first-order valence-electron chi connectivity index (χ1n) is 6.59.